The molecule has 0 aliphatic rings. The van der Waals surface area contributed by atoms with E-state index in [0.29, 0.717) is 0 Å². The molecule has 1 rings (SSSR count). The van der Waals surface area contributed by atoms with Crippen molar-refractivity contribution in [2.75, 3.05) is 0 Å². The SMILES string of the molecule is C/C=C\c1ccccc1CS(N)(=O)=O. The van der Waals surface area contributed by atoms with E-state index in [1.807, 2.05) is 31.2 Å². The third kappa shape index (κ3) is 3.32. The summed E-state index contributed by atoms with van der Waals surface area (Å²) in [4.78, 5) is 0. The van der Waals surface area contributed by atoms with Crippen LogP contribution in [0, 0.1) is 0 Å². The van der Waals surface area contributed by atoms with E-state index in [2.05, 4.69) is 0 Å². The van der Waals surface area contributed by atoms with Crippen molar-refractivity contribution in [1.29, 1.82) is 0 Å². The average molecular weight is 211 g/mol. The van der Waals surface area contributed by atoms with Gasteiger partial charge in [0, 0.05) is 0 Å². The van der Waals surface area contributed by atoms with Crippen LogP contribution in [-0.2, 0) is 15.8 Å². The Labute approximate surface area is 84.3 Å². The van der Waals surface area contributed by atoms with Crippen LogP contribution in [0.4, 0.5) is 0 Å². The Morgan fingerprint density at radius 1 is 1.36 bits per heavy atom. The normalized spacial score (nSPS) is 12.1. The Morgan fingerprint density at radius 2 is 2.00 bits per heavy atom. The van der Waals surface area contributed by atoms with Gasteiger partial charge < -0.3 is 0 Å². The summed E-state index contributed by atoms with van der Waals surface area (Å²) in [6.45, 7) is 1.88. The first kappa shape index (κ1) is 10.9. The van der Waals surface area contributed by atoms with E-state index in [4.69, 9.17) is 5.14 Å². The lowest BCUT2D eigenvalue weighted by molar-refractivity contribution is 0.597. The fourth-order valence-electron chi connectivity index (χ4n) is 1.22. The van der Waals surface area contributed by atoms with Crippen LogP contribution in [0.2, 0.25) is 0 Å². The lowest BCUT2D eigenvalue weighted by Crippen LogP contribution is -2.15. The molecule has 0 amide bonds. The number of hydrogen-bond donors (Lipinski definition) is 1. The fraction of sp³-hybridized carbons (Fsp3) is 0.200. The zero-order chi connectivity index (χ0) is 10.6. The van der Waals surface area contributed by atoms with E-state index < -0.39 is 10.0 Å². The molecule has 0 fully saturated rings. The van der Waals surface area contributed by atoms with Crippen LogP contribution in [0.15, 0.2) is 30.3 Å². The third-order valence-corrected chi connectivity index (χ3v) is 2.47. The Kier molecular flexibility index (Phi) is 3.43. The molecular weight excluding hydrogens is 198 g/mol. The molecule has 0 unspecified atom stereocenters. The monoisotopic (exact) mass is 211 g/mol. The zero-order valence-electron chi connectivity index (χ0n) is 7.97. The lowest BCUT2D eigenvalue weighted by Gasteiger charge is -2.03. The number of sulfonamides is 1. The first-order valence-corrected chi connectivity index (χ1v) is 5.95. The summed E-state index contributed by atoms with van der Waals surface area (Å²) in [7, 11) is -3.45. The molecule has 76 valence electrons. The highest BCUT2D eigenvalue weighted by Crippen LogP contribution is 2.12. The molecule has 0 spiro atoms. The molecule has 0 atom stereocenters. The van der Waals surface area contributed by atoms with Crippen LogP contribution in [0.1, 0.15) is 18.1 Å². The smallest absolute Gasteiger partial charge is 0.213 e. The van der Waals surface area contributed by atoms with Crippen molar-refractivity contribution in [3.63, 3.8) is 0 Å². The molecule has 1 aromatic rings. The molecule has 3 nitrogen and oxygen atoms in total. The zero-order valence-corrected chi connectivity index (χ0v) is 8.79. The van der Waals surface area contributed by atoms with Gasteiger partial charge in [-0.3, -0.25) is 0 Å². The minimum absolute atomic E-state index is 0.118. The molecule has 0 bridgehead atoms. The molecule has 4 heteroatoms. The van der Waals surface area contributed by atoms with Gasteiger partial charge in [0.15, 0.2) is 0 Å². The maximum Gasteiger partial charge on any atom is 0.213 e. The fourth-order valence-corrected chi connectivity index (χ4v) is 1.92. The van der Waals surface area contributed by atoms with Crippen LogP contribution >= 0.6 is 0 Å². The molecule has 1 aromatic carbocycles. The van der Waals surface area contributed by atoms with Crippen LogP contribution < -0.4 is 5.14 Å². The first-order chi connectivity index (χ1) is 6.53. The largest absolute Gasteiger partial charge is 0.228 e. The maximum absolute atomic E-state index is 10.9. The van der Waals surface area contributed by atoms with E-state index in [1.165, 1.54) is 0 Å². The molecule has 0 aromatic heterocycles. The van der Waals surface area contributed by atoms with Gasteiger partial charge in [-0.05, 0) is 18.1 Å². The predicted octanol–water partition coefficient (Wildman–Crippen LogP) is 1.51. The average Bonchev–Trinajstić information content (AvgIpc) is 2.06. The summed E-state index contributed by atoms with van der Waals surface area (Å²) in [5, 5.41) is 4.98. The van der Waals surface area contributed by atoms with E-state index in [1.54, 1.807) is 12.1 Å². The van der Waals surface area contributed by atoms with Crippen molar-refractivity contribution in [2.45, 2.75) is 12.7 Å². The first-order valence-electron chi connectivity index (χ1n) is 4.24. The number of hydrogen-bond acceptors (Lipinski definition) is 2. The molecule has 2 N–H and O–H groups in total. The summed E-state index contributed by atoms with van der Waals surface area (Å²) in [6.07, 6.45) is 3.72. The lowest BCUT2D eigenvalue weighted by atomic mass is 10.1. The number of nitrogens with two attached hydrogens (primary N) is 1. The van der Waals surface area contributed by atoms with Crippen LogP contribution in [-0.4, -0.2) is 8.42 Å². The number of rotatable bonds is 3. The van der Waals surface area contributed by atoms with Crippen molar-refractivity contribution in [3.05, 3.63) is 41.5 Å². The van der Waals surface area contributed by atoms with Gasteiger partial charge in [0.25, 0.3) is 0 Å². The number of benzene rings is 1. The van der Waals surface area contributed by atoms with Crippen LogP contribution in [0.25, 0.3) is 6.08 Å². The summed E-state index contributed by atoms with van der Waals surface area (Å²) in [5.74, 6) is -0.118. The van der Waals surface area contributed by atoms with Gasteiger partial charge in [0.1, 0.15) is 0 Å². The van der Waals surface area contributed by atoms with Gasteiger partial charge in [0.2, 0.25) is 10.0 Å². The summed E-state index contributed by atoms with van der Waals surface area (Å²) < 4.78 is 21.8. The highest BCUT2D eigenvalue weighted by atomic mass is 32.2. The highest BCUT2D eigenvalue weighted by molar-refractivity contribution is 7.88. The molecule has 0 saturated heterocycles. The summed E-state index contributed by atoms with van der Waals surface area (Å²) in [6, 6.07) is 7.29. The molecule has 0 heterocycles. The Balaban J connectivity index is 3.08. The Bertz CT molecular complexity index is 435. The third-order valence-electron chi connectivity index (χ3n) is 1.76. The van der Waals surface area contributed by atoms with E-state index in [9.17, 15) is 8.42 Å². The van der Waals surface area contributed by atoms with Gasteiger partial charge in [-0.15, -0.1) is 0 Å². The molecule has 0 aliphatic carbocycles. The quantitative estimate of drug-likeness (QED) is 0.823. The second kappa shape index (κ2) is 4.39. The van der Waals surface area contributed by atoms with Crippen LogP contribution in [0.3, 0.4) is 0 Å². The van der Waals surface area contributed by atoms with E-state index >= 15 is 0 Å². The van der Waals surface area contributed by atoms with Crippen molar-refractivity contribution in [1.82, 2.24) is 0 Å². The summed E-state index contributed by atoms with van der Waals surface area (Å²) >= 11 is 0. The molecular formula is C10H13NO2S. The van der Waals surface area contributed by atoms with Crippen molar-refractivity contribution < 1.29 is 8.42 Å². The van der Waals surface area contributed by atoms with Crippen molar-refractivity contribution in [3.8, 4) is 0 Å². The summed E-state index contributed by atoms with van der Waals surface area (Å²) in [5.41, 5.74) is 1.62. The van der Waals surface area contributed by atoms with Gasteiger partial charge in [-0.25, -0.2) is 13.6 Å². The molecule has 0 radical (unpaired) electrons. The highest BCUT2D eigenvalue weighted by Gasteiger charge is 2.06. The van der Waals surface area contributed by atoms with E-state index in [0.717, 1.165) is 11.1 Å². The predicted molar refractivity (Wildman–Crippen MR) is 58.0 cm³/mol. The number of allylic oxidation sites excluding steroid dienone is 1. The molecule has 0 aliphatic heterocycles. The molecule has 14 heavy (non-hydrogen) atoms. The van der Waals surface area contributed by atoms with Gasteiger partial charge >= 0.3 is 0 Å². The van der Waals surface area contributed by atoms with Crippen molar-refractivity contribution in [2.24, 2.45) is 5.14 Å². The Morgan fingerprint density at radius 3 is 2.57 bits per heavy atom. The standard InChI is InChI=1S/C10H13NO2S/c1-2-5-9-6-3-4-7-10(9)8-14(11,12)13/h2-7H,8H2,1H3,(H2,11,12,13)/b5-2-. The van der Waals surface area contributed by atoms with Gasteiger partial charge in [-0.2, -0.15) is 0 Å². The van der Waals surface area contributed by atoms with Gasteiger partial charge in [-0.1, -0.05) is 36.4 Å². The van der Waals surface area contributed by atoms with Crippen molar-refractivity contribution >= 4 is 16.1 Å². The molecule has 0 saturated carbocycles. The second-order valence-electron chi connectivity index (χ2n) is 3.01. The minimum Gasteiger partial charge on any atom is -0.228 e. The number of primary sulfonamides is 1. The maximum atomic E-state index is 10.9. The van der Waals surface area contributed by atoms with Crippen LogP contribution in [0.5, 0.6) is 0 Å². The minimum atomic E-state index is -3.45. The van der Waals surface area contributed by atoms with Gasteiger partial charge in [0.05, 0.1) is 5.75 Å². The topological polar surface area (TPSA) is 60.2 Å². The Hall–Kier alpha value is -1.13. The van der Waals surface area contributed by atoms with E-state index in [-0.39, 0.29) is 5.75 Å². The second-order valence-corrected chi connectivity index (χ2v) is 4.62.